The van der Waals surface area contributed by atoms with E-state index in [0.29, 0.717) is 36.9 Å². The molecule has 0 spiro atoms. The van der Waals surface area contributed by atoms with Crippen LogP contribution in [0.4, 0.5) is 5.69 Å². The van der Waals surface area contributed by atoms with Crippen LogP contribution in [-0.4, -0.2) is 55.7 Å². The number of hydrogen-bond donors (Lipinski definition) is 0. The Morgan fingerprint density at radius 2 is 1.80 bits per heavy atom. The topological polar surface area (TPSA) is 76.3 Å². The zero-order chi connectivity index (χ0) is 28.1. The van der Waals surface area contributed by atoms with E-state index in [4.69, 9.17) is 11.6 Å². The lowest BCUT2D eigenvalue weighted by atomic mass is 10.0. The maximum Gasteiger partial charge on any atom is 0.275 e. The molecule has 2 amide bonds. The highest BCUT2D eigenvalue weighted by Crippen LogP contribution is 2.35. The van der Waals surface area contributed by atoms with Crippen LogP contribution >= 0.6 is 11.6 Å². The molecule has 2 aliphatic rings. The number of anilines is 1. The van der Waals surface area contributed by atoms with Gasteiger partial charge in [0.25, 0.3) is 11.8 Å². The standard InChI is InChI=1S/C32H25ClN6O2/c1-36-26-9-5-8-24-23(11-10-21-12-15-34-16-13-21)19-37(29(24)26)20-27(31(36)40)38-17-14-25-28(32(38)41)35-39(30(25)33)18-22-6-3-2-4-7-22/h2-9,12-13,15-16,19,27H,14,17-18,20H2,1H3/t27-/m0/s1. The fraction of sp³-hybridized carbons (Fsp3) is 0.188. The van der Waals surface area contributed by atoms with Crippen LogP contribution in [-0.2, 0) is 24.3 Å². The highest BCUT2D eigenvalue weighted by Gasteiger charge is 2.40. The molecule has 5 aromatic rings. The Labute approximate surface area is 241 Å². The third-order valence-electron chi connectivity index (χ3n) is 7.85. The molecule has 0 saturated heterocycles. The lowest BCUT2D eigenvalue weighted by molar-refractivity contribution is -0.123. The molecule has 0 bridgehead atoms. The molecule has 1 atom stereocenters. The summed E-state index contributed by atoms with van der Waals surface area (Å²) in [7, 11) is 1.76. The molecule has 3 aromatic heterocycles. The normalized spacial score (nSPS) is 16.4. The summed E-state index contributed by atoms with van der Waals surface area (Å²) in [5.74, 6) is 6.09. The number of carbonyl (C=O) groups excluding carboxylic acids is 2. The van der Waals surface area contributed by atoms with Gasteiger partial charge in [-0.1, -0.05) is 65.9 Å². The van der Waals surface area contributed by atoms with Crippen LogP contribution in [0.15, 0.2) is 79.3 Å². The number of hydrogen-bond acceptors (Lipinski definition) is 4. The maximum atomic E-state index is 13.9. The van der Waals surface area contributed by atoms with Crippen LogP contribution in [0.3, 0.4) is 0 Å². The molecular formula is C32H25ClN6O2. The van der Waals surface area contributed by atoms with Crippen molar-refractivity contribution >= 4 is 40.0 Å². The molecule has 2 aliphatic heterocycles. The van der Waals surface area contributed by atoms with Gasteiger partial charge < -0.3 is 14.4 Å². The fourth-order valence-corrected chi connectivity index (χ4v) is 6.05. The van der Waals surface area contributed by atoms with E-state index >= 15 is 0 Å². The predicted molar refractivity (Wildman–Crippen MR) is 157 cm³/mol. The Balaban J connectivity index is 1.24. The summed E-state index contributed by atoms with van der Waals surface area (Å²) in [4.78, 5) is 35.1. The molecule has 0 N–H and O–H groups in total. The van der Waals surface area contributed by atoms with E-state index in [1.807, 2.05) is 66.9 Å². The number of fused-ring (bicyclic) bond motifs is 1. The third kappa shape index (κ3) is 4.26. The second kappa shape index (κ2) is 9.95. The van der Waals surface area contributed by atoms with Crippen molar-refractivity contribution in [1.29, 1.82) is 0 Å². The van der Waals surface area contributed by atoms with Crippen molar-refractivity contribution in [2.24, 2.45) is 0 Å². The molecule has 202 valence electrons. The molecule has 2 aromatic carbocycles. The first-order valence-electron chi connectivity index (χ1n) is 13.4. The minimum Gasteiger partial charge on any atom is -0.342 e. The van der Waals surface area contributed by atoms with E-state index in [1.165, 1.54) is 0 Å². The molecule has 8 nitrogen and oxygen atoms in total. The summed E-state index contributed by atoms with van der Waals surface area (Å²) < 4.78 is 3.72. The quantitative estimate of drug-likeness (QED) is 0.307. The summed E-state index contributed by atoms with van der Waals surface area (Å²) in [5.41, 5.74) is 5.52. The number of carbonyl (C=O) groups is 2. The van der Waals surface area contributed by atoms with Crippen LogP contribution in [0.1, 0.15) is 32.7 Å². The molecule has 41 heavy (non-hydrogen) atoms. The van der Waals surface area contributed by atoms with E-state index in [9.17, 15) is 9.59 Å². The number of nitrogens with zero attached hydrogens (tertiary/aromatic N) is 6. The van der Waals surface area contributed by atoms with E-state index < -0.39 is 6.04 Å². The van der Waals surface area contributed by atoms with Crippen LogP contribution in [0, 0.1) is 11.8 Å². The minimum absolute atomic E-state index is 0.141. The molecule has 0 aliphatic carbocycles. The summed E-state index contributed by atoms with van der Waals surface area (Å²) in [6, 6.07) is 18.8. The number of amides is 2. The van der Waals surface area contributed by atoms with Crippen molar-refractivity contribution in [3.63, 3.8) is 0 Å². The summed E-state index contributed by atoms with van der Waals surface area (Å²) in [6.45, 7) is 1.15. The maximum absolute atomic E-state index is 13.9. The van der Waals surface area contributed by atoms with E-state index in [1.54, 1.807) is 33.9 Å². The van der Waals surface area contributed by atoms with Crippen LogP contribution in [0.2, 0.25) is 5.15 Å². The number of likely N-dealkylation sites (N-methyl/N-ethyl adjacent to an activating group) is 1. The number of aromatic nitrogens is 4. The molecule has 9 heteroatoms. The van der Waals surface area contributed by atoms with E-state index in [2.05, 4.69) is 26.5 Å². The number of rotatable bonds is 3. The molecule has 0 fully saturated rings. The third-order valence-corrected chi connectivity index (χ3v) is 8.27. The van der Waals surface area contributed by atoms with Gasteiger partial charge >= 0.3 is 0 Å². The number of para-hydroxylation sites is 1. The van der Waals surface area contributed by atoms with Crippen molar-refractivity contribution < 1.29 is 9.59 Å². The van der Waals surface area contributed by atoms with Crippen molar-refractivity contribution in [1.82, 2.24) is 24.2 Å². The van der Waals surface area contributed by atoms with Gasteiger partial charge in [-0.15, -0.1) is 0 Å². The largest absolute Gasteiger partial charge is 0.342 e. The zero-order valence-electron chi connectivity index (χ0n) is 22.3. The zero-order valence-corrected chi connectivity index (χ0v) is 23.0. The Hall–Kier alpha value is -4.87. The fourth-order valence-electron chi connectivity index (χ4n) is 5.77. The highest BCUT2D eigenvalue weighted by molar-refractivity contribution is 6.31. The first-order chi connectivity index (χ1) is 20.0. The molecular weight excluding hydrogens is 536 g/mol. The summed E-state index contributed by atoms with van der Waals surface area (Å²) >= 11 is 6.69. The second-order valence-electron chi connectivity index (χ2n) is 10.3. The first-order valence-corrected chi connectivity index (χ1v) is 13.8. The average Bonchev–Trinajstić information content (AvgIpc) is 3.49. The van der Waals surface area contributed by atoms with Crippen molar-refractivity contribution in [2.75, 3.05) is 18.5 Å². The minimum atomic E-state index is -0.706. The van der Waals surface area contributed by atoms with Crippen molar-refractivity contribution in [3.05, 3.63) is 112 Å². The van der Waals surface area contributed by atoms with Gasteiger partial charge in [0.15, 0.2) is 5.69 Å². The summed E-state index contributed by atoms with van der Waals surface area (Å²) in [5, 5.41) is 6.05. The molecule has 0 radical (unpaired) electrons. The van der Waals surface area contributed by atoms with Crippen LogP contribution in [0.5, 0.6) is 0 Å². The van der Waals surface area contributed by atoms with Gasteiger partial charge in [-0.2, -0.15) is 5.10 Å². The van der Waals surface area contributed by atoms with Crippen molar-refractivity contribution in [3.8, 4) is 11.8 Å². The van der Waals surface area contributed by atoms with Crippen LogP contribution in [0.25, 0.3) is 10.9 Å². The Bertz CT molecular complexity index is 1880. The lowest BCUT2D eigenvalue weighted by Gasteiger charge is -2.34. The van der Waals surface area contributed by atoms with Gasteiger partial charge in [0.05, 0.1) is 29.9 Å². The SMILES string of the molecule is CN1C(=O)[C@@H](N2CCc3c(nn(Cc4ccccc4)c3Cl)C2=O)Cn2cc(C#Cc3ccncc3)c3cccc1c32. The Morgan fingerprint density at radius 1 is 1.00 bits per heavy atom. The number of benzene rings is 2. The van der Waals surface area contributed by atoms with Gasteiger partial charge in [-0.25, -0.2) is 4.68 Å². The average molecular weight is 561 g/mol. The van der Waals surface area contributed by atoms with Gasteiger partial charge in [-0.3, -0.25) is 14.6 Å². The molecule has 7 rings (SSSR count). The van der Waals surface area contributed by atoms with Crippen molar-refractivity contribution in [2.45, 2.75) is 25.6 Å². The smallest absolute Gasteiger partial charge is 0.275 e. The van der Waals surface area contributed by atoms with E-state index in [-0.39, 0.29) is 11.8 Å². The van der Waals surface area contributed by atoms with Crippen LogP contribution < -0.4 is 4.90 Å². The Morgan fingerprint density at radius 3 is 2.61 bits per heavy atom. The van der Waals surface area contributed by atoms with E-state index in [0.717, 1.165) is 38.8 Å². The predicted octanol–water partition coefficient (Wildman–Crippen LogP) is 4.38. The summed E-state index contributed by atoms with van der Waals surface area (Å²) in [6.07, 6.45) is 5.94. The van der Waals surface area contributed by atoms with Gasteiger partial charge in [0.1, 0.15) is 11.2 Å². The second-order valence-corrected chi connectivity index (χ2v) is 10.6. The Kier molecular flexibility index (Phi) is 6.10. The number of halogens is 1. The monoisotopic (exact) mass is 560 g/mol. The van der Waals surface area contributed by atoms with Gasteiger partial charge in [-0.05, 0) is 30.2 Å². The molecule has 0 saturated carbocycles. The first kappa shape index (κ1) is 25.1. The van der Waals surface area contributed by atoms with Gasteiger partial charge in [0, 0.05) is 48.7 Å². The highest BCUT2D eigenvalue weighted by atomic mass is 35.5. The lowest BCUT2D eigenvalue weighted by Crippen LogP contribution is -2.53. The number of pyridine rings is 1. The van der Waals surface area contributed by atoms with Gasteiger partial charge in [0.2, 0.25) is 0 Å². The molecule has 5 heterocycles. The molecule has 0 unspecified atom stereocenters.